The van der Waals surface area contributed by atoms with Crippen LogP contribution in [-0.4, -0.2) is 21.3 Å². The maximum atomic E-state index is 4.81. The number of nitrogens with one attached hydrogen (secondary N) is 1. The maximum Gasteiger partial charge on any atom is 0.0983 e. The minimum Gasteiger partial charge on any atom is -0.312 e. The molecule has 2 aromatic heterocycles. The van der Waals surface area contributed by atoms with Crippen LogP contribution in [0.1, 0.15) is 25.0 Å². The van der Waals surface area contributed by atoms with E-state index < -0.39 is 0 Å². The first-order chi connectivity index (χ1) is 11.7. The Morgan fingerprint density at radius 3 is 2.62 bits per heavy atom. The Balaban J connectivity index is 1.84. The molecular weight excluding hydrogens is 296 g/mol. The zero-order chi connectivity index (χ0) is 16.8. The van der Waals surface area contributed by atoms with Gasteiger partial charge in [-0.2, -0.15) is 5.10 Å². The first-order valence-electron chi connectivity index (χ1n) is 8.43. The second-order valence-electron chi connectivity index (χ2n) is 6.45. The minimum absolute atomic E-state index is 0.631. The van der Waals surface area contributed by atoms with Gasteiger partial charge in [-0.15, -0.1) is 0 Å². The Kier molecular flexibility index (Phi) is 5.39. The molecule has 124 valence electrons. The molecule has 24 heavy (non-hydrogen) atoms. The fourth-order valence-electron chi connectivity index (χ4n) is 2.68. The molecular formula is C20H24N4. The van der Waals surface area contributed by atoms with Crippen molar-refractivity contribution in [1.82, 2.24) is 20.1 Å². The van der Waals surface area contributed by atoms with E-state index in [1.807, 2.05) is 23.0 Å². The summed E-state index contributed by atoms with van der Waals surface area (Å²) in [6.45, 7) is 7.02. The molecule has 4 heteroatoms. The highest BCUT2D eigenvalue weighted by atomic mass is 15.3. The summed E-state index contributed by atoms with van der Waals surface area (Å²) < 4.78 is 2.02. The molecule has 0 amide bonds. The number of aromatic nitrogens is 3. The SMILES string of the molecule is CC(C)CNCc1cn(Cc2ccccc2)nc1-c1cccnc1. The van der Waals surface area contributed by atoms with Crippen LogP contribution in [0.25, 0.3) is 11.3 Å². The van der Waals surface area contributed by atoms with Crippen molar-refractivity contribution in [2.24, 2.45) is 5.92 Å². The molecule has 0 aliphatic heterocycles. The second-order valence-corrected chi connectivity index (χ2v) is 6.45. The number of benzene rings is 1. The number of rotatable bonds is 7. The maximum absolute atomic E-state index is 4.81. The molecule has 1 aromatic carbocycles. The molecule has 0 aliphatic rings. The highest BCUT2D eigenvalue weighted by molar-refractivity contribution is 5.61. The number of hydrogen-bond acceptors (Lipinski definition) is 3. The summed E-state index contributed by atoms with van der Waals surface area (Å²) in [6, 6.07) is 14.4. The monoisotopic (exact) mass is 320 g/mol. The van der Waals surface area contributed by atoms with Crippen LogP contribution in [0.3, 0.4) is 0 Å². The number of hydrogen-bond donors (Lipinski definition) is 1. The van der Waals surface area contributed by atoms with Crippen LogP contribution in [0.2, 0.25) is 0 Å². The number of pyridine rings is 1. The Bertz CT molecular complexity index is 748. The molecule has 0 aliphatic carbocycles. The fraction of sp³-hybridized carbons (Fsp3) is 0.300. The van der Waals surface area contributed by atoms with Crippen molar-refractivity contribution in [1.29, 1.82) is 0 Å². The van der Waals surface area contributed by atoms with Crippen molar-refractivity contribution in [3.8, 4) is 11.3 Å². The van der Waals surface area contributed by atoms with E-state index in [-0.39, 0.29) is 0 Å². The van der Waals surface area contributed by atoms with Gasteiger partial charge >= 0.3 is 0 Å². The van der Waals surface area contributed by atoms with Crippen LogP contribution in [0.15, 0.2) is 61.1 Å². The van der Waals surface area contributed by atoms with Crippen molar-refractivity contribution in [2.75, 3.05) is 6.54 Å². The first-order valence-corrected chi connectivity index (χ1v) is 8.43. The van der Waals surface area contributed by atoms with Gasteiger partial charge in [-0.05, 0) is 30.2 Å². The molecule has 0 spiro atoms. The molecule has 0 unspecified atom stereocenters. The van der Waals surface area contributed by atoms with Gasteiger partial charge in [-0.3, -0.25) is 9.67 Å². The highest BCUT2D eigenvalue weighted by Crippen LogP contribution is 2.21. The van der Waals surface area contributed by atoms with Crippen molar-refractivity contribution in [3.63, 3.8) is 0 Å². The fourth-order valence-corrected chi connectivity index (χ4v) is 2.68. The van der Waals surface area contributed by atoms with Crippen LogP contribution in [0.5, 0.6) is 0 Å². The lowest BCUT2D eigenvalue weighted by atomic mass is 10.1. The average molecular weight is 320 g/mol. The first kappa shape index (κ1) is 16.4. The Morgan fingerprint density at radius 2 is 1.92 bits per heavy atom. The minimum atomic E-state index is 0.631. The van der Waals surface area contributed by atoms with Gasteiger partial charge in [-0.1, -0.05) is 44.2 Å². The van der Waals surface area contributed by atoms with Crippen LogP contribution in [-0.2, 0) is 13.1 Å². The highest BCUT2D eigenvalue weighted by Gasteiger charge is 2.11. The van der Waals surface area contributed by atoms with Gasteiger partial charge in [-0.25, -0.2) is 0 Å². The van der Waals surface area contributed by atoms with E-state index in [0.29, 0.717) is 5.92 Å². The van der Waals surface area contributed by atoms with Gasteiger partial charge in [0.05, 0.1) is 12.2 Å². The molecule has 1 N–H and O–H groups in total. The van der Waals surface area contributed by atoms with E-state index in [1.165, 1.54) is 11.1 Å². The summed E-state index contributed by atoms with van der Waals surface area (Å²) in [5, 5.41) is 8.32. The molecule has 3 rings (SSSR count). The molecule has 0 radical (unpaired) electrons. The van der Waals surface area contributed by atoms with Crippen molar-refractivity contribution in [3.05, 3.63) is 72.2 Å². The zero-order valence-corrected chi connectivity index (χ0v) is 14.3. The molecule has 3 aromatic rings. The predicted molar refractivity (Wildman–Crippen MR) is 97.5 cm³/mol. The van der Waals surface area contributed by atoms with Gasteiger partial charge in [0.2, 0.25) is 0 Å². The van der Waals surface area contributed by atoms with Crippen LogP contribution in [0, 0.1) is 5.92 Å². The molecule has 2 heterocycles. The Labute approximate surface area is 143 Å². The molecule has 4 nitrogen and oxygen atoms in total. The lowest BCUT2D eigenvalue weighted by Gasteiger charge is -2.07. The Morgan fingerprint density at radius 1 is 1.08 bits per heavy atom. The predicted octanol–water partition coefficient (Wildman–Crippen LogP) is 3.74. The smallest absolute Gasteiger partial charge is 0.0983 e. The molecule has 0 saturated carbocycles. The second kappa shape index (κ2) is 7.88. The number of nitrogens with zero attached hydrogens (tertiary/aromatic N) is 3. The van der Waals surface area contributed by atoms with Crippen LogP contribution in [0.4, 0.5) is 0 Å². The Hall–Kier alpha value is -2.46. The quantitative estimate of drug-likeness (QED) is 0.721. The van der Waals surface area contributed by atoms with E-state index in [4.69, 9.17) is 5.10 Å². The third-order valence-electron chi connectivity index (χ3n) is 3.83. The van der Waals surface area contributed by atoms with Crippen molar-refractivity contribution < 1.29 is 0 Å². The molecule has 0 atom stereocenters. The van der Waals surface area contributed by atoms with E-state index in [9.17, 15) is 0 Å². The largest absolute Gasteiger partial charge is 0.312 e. The topological polar surface area (TPSA) is 42.7 Å². The van der Waals surface area contributed by atoms with E-state index >= 15 is 0 Å². The third kappa shape index (κ3) is 4.30. The summed E-state index contributed by atoms with van der Waals surface area (Å²) in [6.07, 6.45) is 5.81. The average Bonchev–Trinajstić information content (AvgIpc) is 2.99. The van der Waals surface area contributed by atoms with E-state index in [2.05, 4.69) is 60.7 Å². The molecule has 0 saturated heterocycles. The van der Waals surface area contributed by atoms with Crippen molar-refractivity contribution in [2.45, 2.75) is 26.9 Å². The lowest BCUT2D eigenvalue weighted by molar-refractivity contribution is 0.552. The van der Waals surface area contributed by atoms with Crippen LogP contribution < -0.4 is 5.32 Å². The summed E-state index contributed by atoms with van der Waals surface area (Å²) in [7, 11) is 0. The van der Waals surface area contributed by atoms with Gasteiger partial charge in [0, 0.05) is 36.3 Å². The summed E-state index contributed by atoms with van der Waals surface area (Å²) in [5.41, 5.74) is 4.53. The van der Waals surface area contributed by atoms with Gasteiger partial charge in [0.1, 0.15) is 0 Å². The zero-order valence-electron chi connectivity index (χ0n) is 14.3. The van der Waals surface area contributed by atoms with Crippen molar-refractivity contribution >= 4 is 0 Å². The standard InChI is InChI=1S/C20H24N4/c1-16(2)11-22-13-19-15-24(14-17-7-4-3-5-8-17)23-20(19)18-9-6-10-21-12-18/h3-10,12,15-16,22H,11,13-14H2,1-2H3. The summed E-state index contributed by atoms with van der Waals surface area (Å²) in [4.78, 5) is 4.23. The van der Waals surface area contributed by atoms with E-state index in [1.54, 1.807) is 6.20 Å². The van der Waals surface area contributed by atoms with E-state index in [0.717, 1.165) is 30.9 Å². The lowest BCUT2D eigenvalue weighted by Crippen LogP contribution is -2.19. The van der Waals surface area contributed by atoms with Gasteiger partial charge in [0.25, 0.3) is 0 Å². The molecule has 0 bridgehead atoms. The summed E-state index contributed by atoms with van der Waals surface area (Å²) >= 11 is 0. The van der Waals surface area contributed by atoms with Gasteiger partial charge < -0.3 is 5.32 Å². The third-order valence-corrected chi connectivity index (χ3v) is 3.83. The normalized spacial score (nSPS) is 11.1. The summed E-state index contributed by atoms with van der Waals surface area (Å²) in [5.74, 6) is 0.631. The van der Waals surface area contributed by atoms with Gasteiger partial charge in [0.15, 0.2) is 0 Å². The van der Waals surface area contributed by atoms with Crippen LogP contribution >= 0.6 is 0 Å². The molecule has 0 fully saturated rings.